The number of aryl methyl sites for hydroxylation is 1. The van der Waals surface area contributed by atoms with Crippen LogP contribution in [-0.2, 0) is 14.8 Å². The highest BCUT2D eigenvalue weighted by Gasteiger charge is 2.57. The Bertz CT molecular complexity index is 1920. The van der Waals surface area contributed by atoms with Crippen molar-refractivity contribution in [2.45, 2.75) is 38.2 Å². The maximum atomic E-state index is 13.6. The molecule has 0 radical (unpaired) electrons. The van der Waals surface area contributed by atoms with Crippen LogP contribution in [0.3, 0.4) is 0 Å². The van der Waals surface area contributed by atoms with Gasteiger partial charge in [-0.3, -0.25) is 9.52 Å². The monoisotopic (exact) mass is 699 g/mol. The van der Waals surface area contributed by atoms with Crippen LogP contribution in [0.1, 0.15) is 56.5 Å². The number of rotatable bonds is 10. The summed E-state index contributed by atoms with van der Waals surface area (Å²) in [5.41, 5.74) is -1.69. The number of benzene rings is 3. The fourth-order valence-electron chi connectivity index (χ4n) is 4.65. The van der Waals surface area contributed by atoms with E-state index in [1.54, 1.807) is 44.2 Å². The average molecular weight is 700 g/mol. The molecule has 0 fully saturated rings. The van der Waals surface area contributed by atoms with Crippen LogP contribution in [0.25, 0.3) is 5.69 Å². The summed E-state index contributed by atoms with van der Waals surface area (Å²) >= 11 is 0. The lowest BCUT2D eigenvalue weighted by atomic mass is 9.96. The van der Waals surface area contributed by atoms with Crippen molar-refractivity contribution in [3.8, 4) is 11.4 Å². The van der Waals surface area contributed by atoms with Crippen molar-refractivity contribution >= 4 is 33.3 Å². The molecule has 0 unspecified atom stereocenters. The van der Waals surface area contributed by atoms with Gasteiger partial charge in [-0.2, -0.15) is 26.3 Å². The van der Waals surface area contributed by atoms with Crippen LogP contribution < -0.4 is 14.8 Å². The SMILES string of the molecule is COc1c(NC(=O)c2ccc(C)c(-n3cc(C(=O)O[C@H](C)c4ccccc4)nn3)c2)cc(C(C(F)(F)F)C(F)(F)F)cc1NS(C)(=O)=O. The zero-order valence-corrected chi connectivity index (χ0v) is 26.3. The highest BCUT2D eigenvalue weighted by molar-refractivity contribution is 7.92. The highest BCUT2D eigenvalue weighted by Crippen LogP contribution is 2.49. The largest absolute Gasteiger partial charge is 0.492 e. The van der Waals surface area contributed by atoms with Crippen molar-refractivity contribution < 1.29 is 53.8 Å². The number of halogens is 6. The quantitative estimate of drug-likeness (QED) is 0.145. The van der Waals surface area contributed by atoms with Crippen LogP contribution in [0.5, 0.6) is 5.75 Å². The van der Waals surface area contributed by atoms with Crippen molar-refractivity contribution in [3.63, 3.8) is 0 Å². The summed E-state index contributed by atoms with van der Waals surface area (Å²) in [6.07, 6.45) is -10.4. The third-order valence-corrected chi connectivity index (χ3v) is 7.41. The highest BCUT2D eigenvalue weighted by atomic mass is 32.2. The molecular weight excluding hydrogens is 672 g/mol. The van der Waals surface area contributed by atoms with E-state index in [1.165, 1.54) is 29.1 Å². The van der Waals surface area contributed by atoms with E-state index in [0.29, 0.717) is 24.0 Å². The van der Waals surface area contributed by atoms with Crippen LogP contribution in [0.2, 0.25) is 0 Å². The van der Waals surface area contributed by atoms with Gasteiger partial charge in [-0.15, -0.1) is 5.10 Å². The van der Waals surface area contributed by atoms with E-state index in [9.17, 15) is 44.3 Å². The number of hydrogen-bond donors (Lipinski definition) is 2. The number of nitrogens with zero attached hydrogens (tertiary/aromatic N) is 3. The summed E-state index contributed by atoms with van der Waals surface area (Å²) in [7, 11) is -3.27. The Morgan fingerprint density at radius 2 is 1.54 bits per heavy atom. The topological polar surface area (TPSA) is 142 Å². The predicted molar refractivity (Wildman–Crippen MR) is 161 cm³/mol. The van der Waals surface area contributed by atoms with Crippen molar-refractivity contribution in [1.29, 1.82) is 0 Å². The fourth-order valence-corrected chi connectivity index (χ4v) is 5.20. The second-order valence-corrected chi connectivity index (χ2v) is 12.3. The van der Waals surface area contributed by atoms with Crippen molar-refractivity contribution in [2.75, 3.05) is 23.4 Å². The van der Waals surface area contributed by atoms with Gasteiger partial charge in [0, 0.05) is 5.56 Å². The Morgan fingerprint density at radius 1 is 0.917 bits per heavy atom. The second-order valence-electron chi connectivity index (χ2n) is 10.5. The maximum Gasteiger partial charge on any atom is 0.404 e. The molecule has 18 heteroatoms. The van der Waals surface area contributed by atoms with E-state index >= 15 is 0 Å². The van der Waals surface area contributed by atoms with Gasteiger partial charge in [0.1, 0.15) is 6.10 Å². The molecule has 0 aliphatic rings. The average Bonchev–Trinajstić information content (AvgIpc) is 3.46. The van der Waals surface area contributed by atoms with Crippen molar-refractivity contribution in [2.24, 2.45) is 0 Å². The lowest BCUT2D eigenvalue weighted by Gasteiger charge is -2.25. The lowest BCUT2D eigenvalue weighted by molar-refractivity contribution is -0.253. The number of methoxy groups -OCH3 is 1. The molecule has 0 saturated heterocycles. The lowest BCUT2D eigenvalue weighted by Crippen LogP contribution is -2.34. The van der Waals surface area contributed by atoms with Gasteiger partial charge in [0.05, 0.1) is 36.6 Å². The number of carbonyl (C=O) groups excluding carboxylic acids is 2. The standard InChI is InChI=1S/C30H27F6N5O6S/c1-16-10-11-19(14-24(16)41-15-23(38-40-41)28(43)47-17(2)18-8-6-5-7-9-18)27(42)37-21-12-20(26(29(31,32)33)30(34,35)36)13-22(25(21)46-3)39-48(4,44)45/h5-15,17,26,39H,1-4H3,(H,37,42)/t17-/m1/s1. The third kappa shape index (κ3) is 8.41. The van der Waals surface area contributed by atoms with Gasteiger partial charge in [-0.05, 0) is 54.8 Å². The molecule has 1 atom stereocenters. The first-order valence-corrected chi connectivity index (χ1v) is 15.6. The van der Waals surface area contributed by atoms with Gasteiger partial charge in [0.2, 0.25) is 10.0 Å². The van der Waals surface area contributed by atoms with Crippen LogP contribution in [0.4, 0.5) is 37.7 Å². The van der Waals surface area contributed by atoms with Gasteiger partial charge < -0.3 is 14.8 Å². The number of anilines is 2. The zero-order chi connectivity index (χ0) is 35.6. The first-order chi connectivity index (χ1) is 22.3. The number of carbonyl (C=O) groups is 2. The molecule has 0 aliphatic heterocycles. The van der Waals surface area contributed by atoms with Crippen LogP contribution >= 0.6 is 0 Å². The maximum absolute atomic E-state index is 13.6. The number of hydrogen-bond acceptors (Lipinski definition) is 8. The zero-order valence-electron chi connectivity index (χ0n) is 25.5. The molecule has 2 N–H and O–H groups in total. The molecular formula is C30H27F6N5O6S. The second kappa shape index (κ2) is 13.5. The number of amides is 1. The summed E-state index contributed by atoms with van der Waals surface area (Å²) in [6.45, 7) is 3.30. The molecule has 0 bridgehead atoms. The van der Waals surface area contributed by atoms with Crippen LogP contribution in [0, 0.1) is 6.92 Å². The minimum Gasteiger partial charge on any atom is -0.492 e. The predicted octanol–water partition coefficient (Wildman–Crippen LogP) is 6.33. The summed E-state index contributed by atoms with van der Waals surface area (Å²) in [6, 6.07) is 13.7. The molecule has 256 valence electrons. The summed E-state index contributed by atoms with van der Waals surface area (Å²) in [5.74, 6) is -6.40. The summed E-state index contributed by atoms with van der Waals surface area (Å²) in [5, 5.41) is 9.96. The van der Waals surface area contributed by atoms with Gasteiger partial charge >= 0.3 is 18.3 Å². The number of sulfonamides is 1. The molecule has 48 heavy (non-hydrogen) atoms. The van der Waals surface area contributed by atoms with Crippen molar-refractivity contribution in [1.82, 2.24) is 15.0 Å². The molecule has 11 nitrogen and oxygen atoms in total. The normalized spacial score (nSPS) is 12.8. The fraction of sp³-hybridized carbons (Fsp3) is 0.267. The molecule has 1 heterocycles. The number of aromatic nitrogens is 3. The molecule has 0 saturated carbocycles. The van der Waals surface area contributed by atoms with Crippen LogP contribution in [-0.4, -0.2) is 61.0 Å². The van der Waals surface area contributed by atoms with Gasteiger partial charge in [0.25, 0.3) is 5.91 Å². The Labute approximate surface area is 269 Å². The Balaban J connectivity index is 1.68. The third-order valence-electron chi connectivity index (χ3n) is 6.82. The molecule has 1 aromatic heterocycles. The van der Waals surface area contributed by atoms with Crippen LogP contribution in [0.15, 0.2) is 66.9 Å². The number of alkyl halides is 6. The molecule has 0 aliphatic carbocycles. The van der Waals surface area contributed by atoms with E-state index < -0.39 is 69.0 Å². The first kappa shape index (κ1) is 35.7. The summed E-state index contributed by atoms with van der Waals surface area (Å²) in [4.78, 5) is 26.1. The van der Waals surface area contributed by atoms with Gasteiger partial charge in [-0.1, -0.05) is 41.6 Å². The molecule has 4 rings (SSSR count). The van der Waals surface area contributed by atoms with E-state index in [1.807, 2.05) is 4.72 Å². The first-order valence-electron chi connectivity index (χ1n) is 13.7. The van der Waals surface area contributed by atoms with Gasteiger partial charge in [-0.25, -0.2) is 17.9 Å². The molecule has 1 amide bonds. The minimum atomic E-state index is -5.83. The molecule has 4 aromatic rings. The van der Waals surface area contributed by atoms with E-state index in [4.69, 9.17) is 9.47 Å². The van der Waals surface area contributed by atoms with E-state index in [2.05, 4.69) is 15.6 Å². The smallest absolute Gasteiger partial charge is 0.404 e. The minimum absolute atomic E-state index is 0.152. The van der Waals surface area contributed by atoms with E-state index in [-0.39, 0.29) is 16.9 Å². The summed E-state index contributed by atoms with van der Waals surface area (Å²) < 4.78 is 119. The molecule has 0 spiro atoms. The Morgan fingerprint density at radius 3 is 2.12 bits per heavy atom. The number of nitrogens with one attached hydrogen (secondary N) is 2. The Kier molecular flexibility index (Phi) is 10.1. The van der Waals surface area contributed by atoms with Gasteiger partial charge in [0.15, 0.2) is 17.4 Å². The van der Waals surface area contributed by atoms with E-state index in [0.717, 1.165) is 12.7 Å². The molecule has 3 aromatic carbocycles. The number of ether oxygens (including phenoxy) is 2. The Hall–Kier alpha value is -5.13. The number of esters is 1. The van der Waals surface area contributed by atoms with Crippen molar-refractivity contribution in [3.05, 3.63) is 94.8 Å².